The molecule has 0 rings (SSSR count). The van der Waals surface area contributed by atoms with E-state index in [0.717, 1.165) is 0 Å². The lowest BCUT2D eigenvalue weighted by Gasteiger charge is -1.84. The second-order valence-electron chi connectivity index (χ2n) is 1.31. The third-order valence-electron chi connectivity index (χ3n) is 0.563. The second-order valence-corrected chi connectivity index (χ2v) is 3.04. The first-order valence-electron chi connectivity index (χ1n) is 1.72. The van der Waals surface area contributed by atoms with Crippen LogP contribution in [0.4, 0.5) is 0 Å². The highest BCUT2D eigenvalue weighted by Crippen LogP contribution is 2.14. The Morgan fingerprint density at radius 1 is 1.50 bits per heavy atom. The molecule has 0 heterocycles. The van der Waals surface area contributed by atoms with Crippen molar-refractivity contribution in [3.05, 3.63) is 0 Å². The van der Waals surface area contributed by atoms with Crippen molar-refractivity contribution in [1.82, 2.24) is 4.67 Å². The Balaban J connectivity index is 3.26. The van der Waals surface area contributed by atoms with Crippen molar-refractivity contribution >= 4 is 7.95 Å². The molecule has 1 unspecified atom stereocenters. The van der Waals surface area contributed by atoms with Crippen molar-refractivity contribution < 1.29 is 4.57 Å². The van der Waals surface area contributed by atoms with Gasteiger partial charge in [-0.25, -0.2) is 0 Å². The van der Waals surface area contributed by atoms with E-state index < -0.39 is 7.95 Å². The summed E-state index contributed by atoms with van der Waals surface area (Å²) in [5.41, 5.74) is 0. The van der Waals surface area contributed by atoms with Crippen LogP contribution < -0.4 is 0 Å². The summed E-state index contributed by atoms with van der Waals surface area (Å²) in [4.78, 5) is 0. The van der Waals surface area contributed by atoms with E-state index in [4.69, 9.17) is 0 Å². The molecule has 0 amide bonds. The van der Waals surface area contributed by atoms with Crippen LogP contribution in [0.25, 0.3) is 0 Å². The van der Waals surface area contributed by atoms with Crippen LogP contribution in [0.15, 0.2) is 0 Å². The number of rotatable bonds is 1. The topological polar surface area (TPSA) is 20.3 Å². The minimum Gasteiger partial charge on any atom is -0.103 e. The molecule has 0 aromatic rings. The van der Waals surface area contributed by atoms with Gasteiger partial charge in [0.1, 0.15) is 0 Å². The largest absolute Gasteiger partial charge is 0.431 e. The maximum absolute atomic E-state index is 10.2. The molecule has 0 aliphatic carbocycles. The maximum atomic E-state index is 10.2. The summed E-state index contributed by atoms with van der Waals surface area (Å²) in [6.45, 7) is 1.68. The Kier molecular flexibility index (Phi) is 2.29. The molecule has 3 heteroatoms. The van der Waals surface area contributed by atoms with Gasteiger partial charge in [0.15, 0.2) is 6.66 Å². The van der Waals surface area contributed by atoms with E-state index >= 15 is 0 Å². The van der Waals surface area contributed by atoms with Gasteiger partial charge in [-0.3, -0.25) is 0 Å². The standard InChI is InChI=1S/C3H9NOP/c1-4(2)6(3)5/h1-3H3/q+1. The van der Waals surface area contributed by atoms with Gasteiger partial charge in [-0.05, 0) is 0 Å². The molecule has 0 aliphatic heterocycles. The van der Waals surface area contributed by atoms with E-state index in [-0.39, 0.29) is 0 Å². The van der Waals surface area contributed by atoms with Gasteiger partial charge >= 0.3 is 7.95 Å². The quantitative estimate of drug-likeness (QED) is 0.463. The van der Waals surface area contributed by atoms with E-state index in [1.165, 1.54) is 0 Å². The van der Waals surface area contributed by atoms with E-state index in [1.807, 2.05) is 0 Å². The minimum atomic E-state index is -1.08. The first-order chi connectivity index (χ1) is 2.64. The second kappa shape index (κ2) is 2.27. The van der Waals surface area contributed by atoms with Crippen LogP contribution in [-0.2, 0) is 4.57 Å². The summed E-state index contributed by atoms with van der Waals surface area (Å²) in [5, 5.41) is 0. The molecule has 0 aromatic carbocycles. The molecule has 0 N–H and O–H groups in total. The highest BCUT2D eigenvalue weighted by atomic mass is 31.1. The normalized spacial score (nSPS) is 12.3. The third-order valence-corrected chi connectivity index (χ3v) is 1.69. The van der Waals surface area contributed by atoms with Crippen LogP contribution in [-0.4, -0.2) is 25.4 Å². The maximum Gasteiger partial charge on any atom is 0.431 e. The fourth-order valence-corrected chi connectivity index (χ4v) is 0. The number of hydrogen-bond donors (Lipinski definition) is 0. The lowest BCUT2D eigenvalue weighted by atomic mass is 11.3. The molecule has 0 spiro atoms. The van der Waals surface area contributed by atoms with Crippen molar-refractivity contribution in [2.24, 2.45) is 0 Å². The molecule has 2 nitrogen and oxygen atoms in total. The average Bonchev–Trinajstić information content (AvgIpc) is 1.36. The minimum absolute atomic E-state index is 1.08. The van der Waals surface area contributed by atoms with Crippen molar-refractivity contribution in [3.63, 3.8) is 0 Å². The van der Waals surface area contributed by atoms with Gasteiger partial charge in [0.05, 0.1) is 0 Å². The van der Waals surface area contributed by atoms with E-state index in [9.17, 15) is 4.57 Å². The fraction of sp³-hybridized carbons (Fsp3) is 1.00. The molecular weight excluding hydrogens is 97.0 g/mol. The summed E-state index contributed by atoms with van der Waals surface area (Å²) >= 11 is 0. The van der Waals surface area contributed by atoms with Crippen LogP contribution in [0.5, 0.6) is 0 Å². The van der Waals surface area contributed by atoms with Crippen molar-refractivity contribution in [1.29, 1.82) is 0 Å². The van der Waals surface area contributed by atoms with E-state index in [0.29, 0.717) is 0 Å². The highest BCUT2D eigenvalue weighted by molar-refractivity contribution is 7.40. The number of nitrogens with zero attached hydrogens (tertiary/aromatic N) is 1. The third kappa shape index (κ3) is 2.31. The molecule has 1 atom stereocenters. The van der Waals surface area contributed by atoms with E-state index in [2.05, 4.69) is 0 Å². The molecule has 0 saturated carbocycles. The number of hydrogen-bond acceptors (Lipinski definition) is 1. The summed E-state index contributed by atoms with van der Waals surface area (Å²) < 4.78 is 11.9. The molecule has 0 saturated heterocycles. The van der Waals surface area contributed by atoms with Gasteiger partial charge < -0.3 is 0 Å². The van der Waals surface area contributed by atoms with Crippen LogP contribution >= 0.6 is 7.95 Å². The summed E-state index contributed by atoms with van der Waals surface area (Å²) in [6, 6.07) is 0. The molecule has 0 radical (unpaired) electrons. The molecular formula is C3H9NOP+. The predicted octanol–water partition coefficient (Wildman–Crippen LogP) is 0.920. The lowest BCUT2D eigenvalue weighted by molar-refractivity contribution is 0.540. The van der Waals surface area contributed by atoms with Gasteiger partial charge in [-0.15, -0.1) is 4.67 Å². The van der Waals surface area contributed by atoms with Gasteiger partial charge in [0, 0.05) is 14.1 Å². The highest BCUT2D eigenvalue weighted by Gasteiger charge is 2.05. The van der Waals surface area contributed by atoms with E-state index in [1.54, 1.807) is 25.4 Å². The molecule has 0 aliphatic rings. The Hall–Kier alpha value is 0.0600. The van der Waals surface area contributed by atoms with Crippen LogP contribution in [0.2, 0.25) is 0 Å². The fourth-order valence-electron chi connectivity index (χ4n) is 0. The first-order valence-corrected chi connectivity index (χ1v) is 3.38. The Bertz CT molecular complexity index is 61.8. The zero-order valence-electron chi connectivity index (χ0n) is 4.30. The first kappa shape index (κ1) is 6.06. The average molecular weight is 106 g/mol. The molecule has 0 fully saturated rings. The zero-order chi connectivity index (χ0) is 5.15. The smallest absolute Gasteiger partial charge is 0.103 e. The van der Waals surface area contributed by atoms with Crippen molar-refractivity contribution in [2.45, 2.75) is 0 Å². The monoisotopic (exact) mass is 106 g/mol. The van der Waals surface area contributed by atoms with Gasteiger partial charge in [0.2, 0.25) is 0 Å². The van der Waals surface area contributed by atoms with Crippen molar-refractivity contribution in [2.75, 3.05) is 20.8 Å². The van der Waals surface area contributed by atoms with Gasteiger partial charge in [-0.1, -0.05) is 4.57 Å². The summed E-state index contributed by atoms with van der Waals surface area (Å²) in [7, 11) is 2.50. The SMILES string of the molecule is CN(C)[P+](C)=O. The summed E-state index contributed by atoms with van der Waals surface area (Å²) in [5.74, 6) is 0. The Morgan fingerprint density at radius 3 is 1.67 bits per heavy atom. The van der Waals surface area contributed by atoms with Gasteiger partial charge in [0.25, 0.3) is 0 Å². The van der Waals surface area contributed by atoms with Crippen LogP contribution in [0, 0.1) is 0 Å². The molecule has 0 aromatic heterocycles. The lowest BCUT2D eigenvalue weighted by Crippen LogP contribution is -1.96. The molecule has 0 bridgehead atoms. The van der Waals surface area contributed by atoms with Crippen LogP contribution in [0.3, 0.4) is 0 Å². The zero-order valence-corrected chi connectivity index (χ0v) is 5.20. The Labute approximate surface area is 39.0 Å². The molecule has 6 heavy (non-hydrogen) atoms. The van der Waals surface area contributed by atoms with Gasteiger partial charge in [-0.2, -0.15) is 0 Å². The molecule has 36 valence electrons. The predicted molar refractivity (Wildman–Crippen MR) is 27.2 cm³/mol. The summed E-state index contributed by atoms with van der Waals surface area (Å²) in [6.07, 6.45) is 0. The Morgan fingerprint density at radius 2 is 1.67 bits per heavy atom. The van der Waals surface area contributed by atoms with Crippen LogP contribution in [0.1, 0.15) is 0 Å². The van der Waals surface area contributed by atoms with Crippen molar-refractivity contribution in [3.8, 4) is 0 Å².